The Morgan fingerprint density at radius 2 is 1.74 bits per heavy atom. The van der Waals surface area contributed by atoms with Crippen molar-refractivity contribution < 1.29 is 4.79 Å². The number of carbonyl (C=O) groups is 1. The lowest BCUT2D eigenvalue weighted by atomic mass is 9.90. The standard InChI is InChI=1S/C20H28N2O/c23-20(18-5-2-1-3-6-18)21-12-11-17(14-21)15-22(13-16-9-10-16)19-7-4-8-19/h1-3,5-6,16-17,19H,4,7-15H2. The molecule has 1 aromatic carbocycles. The molecule has 1 aliphatic heterocycles. The van der Waals surface area contributed by atoms with Gasteiger partial charge < -0.3 is 4.90 Å². The second kappa shape index (κ2) is 6.64. The first-order valence-electron chi connectivity index (χ1n) is 9.38. The average Bonchev–Trinajstić information content (AvgIpc) is 3.21. The number of carbonyl (C=O) groups excluding carboxylic acids is 1. The molecule has 23 heavy (non-hydrogen) atoms. The average molecular weight is 312 g/mol. The Morgan fingerprint density at radius 3 is 2.39 bits per heavy atom. The Kier molecular flexibility index (Phi) is 4.39. The Bertz CT molecular complexity index is 536. The van der Waals surface area contributed by atoms with Gasteiger partial charge in [-0.1, -0.05) is 24.6 Å². The maximum absolute atomic E-state index is 12.6. The minimum Gasteiger partial charge on any atom is -0.338 e. The van der Waals surface area contributed by atoms with E-state index in [1.54, 1.807) is 0 Å². The van der Waals surface area contributed by atoms with Gasteiger partial charge in [-0.25, -0.2) is 0 Å². The Morgan fingerprint density at radius 1 is 1.00 bits per heavy atom. The second-order valence-electron chi connectivity index (χ2n) is 7.75. The second-order valence-corrected chi connectivity index (χ2v) is 7.75. The molecule has 3 aliphatic rings. The highest BCUT2D eigenvalue weighted by Crippen LogP contribution is 2.34. The van der Waals surface area contributed by atoms with Crippen molar-refractivity contribution in [2.45, 2.75) is 44.6 Å². The van der Waals surface area contributed by atoms with Crippen LogP contribution in [0.1, 0.15) is 48.9 Å². The fourth-order valence-corrected chi connectivity index (χ4v) is 4.02. The maximum atomic E-state index is 12.6. The highest BCUT2D eigenvalue weighted by Gasteiger charge is 2.34. The van der Waals surface area contributed by atoms with Crippen LogP contribution in [-0.4, -0.2) is 47.9 Å². The molecule has 1 aromatic rings. The predicted molar refractivity (Wildman–Crippen MR) is 92.4 cm³/mol. The Hall–Kier alpha value is -1.35. The normalized spacial score (nSPS) is 24.9. The monoisotopic (exact) mass is 312 g/mol. The molecule has 0 radical (unpaired) electrons. The van der Waals surface area contributed by atoms with Gasteiger partial charge in [0.1, 0.15) is 0 Å². The topological polar surface area (TPSA) is 23.6 Å². The van der Waals surface area contributed by atoms with E-state index in [0.29, 0.717) is 5.92 Å². The first-order chi connectivity index (χ1) is 11.3. The van der Waals surface area contributed by atoms with Gasteiger partial charge in [-0.05, 0) is 56.1 Å². The van der Waals surface area contributed by atoms with Crippen LogP contribution in [0.3, 0.4) is 0 Å². The quantitative estimate of drug-likeness (QED) is 0.803. The van der Waals surface area contributed by atoms with E-state index in [-0.39, 0.29) is 5.91 Å². The number of hydrogen-bond donors (Lipinski definition) is 0. The molecule has 1 saturated heterocycles. The van der Waals surface area contributed by atoms with E-state index >= 15 is 0 Å². The van der Waals surface area contributed by atoms with E-state index in [1.807, 2.05) is 30.3 Å². The van der Waals surface area contributed by atoms with Crippen molar-refractivity contribution in [2.75, 3.05) is 26.2 Å². The Labute approximate surface area is 139 Å². The van der Waals surface area contributed by atoms with Crippen molar-refractivity contribution in [1.82, 2.24) is 9.80 Å². The summed E-state index contributed by atoms with van der Waals surface area (Å²) < 4.78 is 0. The van der Waals surface area contributed by atoms with Crippen LogP contribution in [0.15, 0.2) is 30.3 Å². The largest absolute Gasteiger partial charge is 0.338 e. The molecular formula is C20H28N2O. The van der Waals surface area contributed by atoms with Crippen molar-refractivity contribution >= 4 is 5.91 Å². The highest BCUT2D eigenvalue weighted by molar-refractivity contribution is 5.94. The van der Waals surface area contributed by atoms with Gasteiger partial charge in [0, 0.05) is 37.8 Å². The van der Waals surface area contributed by atoms with Gasteiger partial charge in [-0.15, -0.1) is 0 Å². The SMILES string of the molecule is O=C(c1ccccc1)N1CCC(CN(CC2CC2)C2CCC2)C1. The summed E-state index contributed by atoms with van der Waals surface area (Å²) >= 11 is 0. The summed E-state index contributed by atoms with van der Waals surface area (Å²) in [5.41, 5.74) is 0.835. The number of rotatable bonds is 6. The van der Waals surface area contributed by atoms with Crippen molar-refractivity contribution in [3.05, 3.63) is 35.9 Å². The van der Waals surface area contributed by atoms with Gasteiger partial charge in [-0.2, -0.15) is 0 Å². The van der Waals surface area contributed by atoms with Crippen LogP contribution in [0.2, 0.25) is 0 Å². The molecule has 4 rings (SSSR count). The van der Waals surface area contributed by atoms with Crippen LogP contribution in [-0.2, 0) is 0 Å². The summed E-state index contributed by atoms with van der Waals surface area (Å²) in [6, 6.07) is 10.6. The molecule has 1 atom stereocenters. The molecule has 1 amide bonds. The molecule has 0 spiro atoms. The van der Waals surface area contributed by atoms with E-state index in [1.165, 1.54) is 51.6 Å². The molecule has 124 valence electrons. The van der Waals surface area contributed by atoms with Crippen molar-refractivity contribution in [1.29, 1.82) is 0 Å². The van der Waals surface area contributed by atoms with E-state index in [2.05, 4.69) is 9.80 Å². The molecule has 3 fully saturated rings. The van der Waals surface area contributed by atoms with Gasteiger partial charge in [0.25, 0.3) is 5.91 Å². The van der Waals surface area contributed by atoms with Crippen molar-refractivity contribution in [3.8, 4) is 0 Å². The zero-order valence-corrected chi connectivity index (χ0v) is 14.0. The Balaban J connectivity index is 1.33. The lowest BCUT2D eigenvalue weighted by molar-refractivity contribution is 0.0766. The molecule has 0 bridgehead atoms. The summed E-state index contributed by atoms with van der Waals surface area (Å²) in [5.74, 6) is 1.85. The van der Waals surface area contributed by atoms with Gasteiger partial charge in [0.15, 0.2) is 0 Å². The van der Waals surface area contributed by atoms with Crippen molar-refractivity contribution in [2.24, 2.45) is 11.8 Å². The van der Waals surface area contributed by atoms with Gasteiger partial charge >= 0.3 is 0 Å². The summed E-state index contributed by atoms with van der Waals surface area (Å²) in [6.07, 6.45) is 8.25. The van der Waals surface area contributed by atoms with Crippen LogP contribution >= 0.6 is 0 Å². The molecule has 2 aliphatic carbocycles. The van der Waals surface area contributed by atoms with Crippen LogP contribution in [0.5, 0.6) is 0 Å². The third-order valence-electron chi connectivity index (χ3n) is 5.87. The molecule has 1 heterocycles. The molecule has 0 aromatic heterocycles. The summed E-state index contributed by atoms with van der Waals surface area (Å²) in [4.78, 5) is 17.4. The van der Waals surface area contributed by atoms with Gasteiger partial charge in [-0.3, -0.25) is 9.69 Å². The lowest BCUT2D eigenvalue weighted by Crippen LogP contribution is -2.44. The summed E-state index contributed by atoms with van der Waals surface area (Å²) in [6.45, 7) is 4.40. The summed E-state index contributed by atoms with van der Waals surface area (Å²) in [5, 5.41) is 0. The smallest absolute Gasteiger partial charge is 0.253 e. The van der Waals surface area contributed by atoms with Gasteiger partial charge in [0.05, 0.1) is 0 Å². The number of benzene rings is 1. The summed E-state index contributed by atoms with van der Waals surface area (Å²) in [7, 11) is 0. The highest BCUT2D eigenvalue weighted by atomic mass is 16.2. The van der Waals surface area contributed by atoms with Gasteiger partial charge in [0.2, 0.25) is 0 Å². The van der Waals surface area contributed by atoms with Crippen LogP contribution in [0.4, 0.5) is 0 Å². The van der Waals surface area contributed by atoms with Crippen LogP contribution < -0.4 is 0 Å². The predicted octanol–water partition coefficient (Wildman–Crippen LogP) is 3.41. The minimum absolute atomic E-state index is 0.213. The molecule has 1 unspecified atom stereocenters. The minimum atomic E-state index is 0.213. The molecular weight excluding hydrogens is 284 g/mol. The molecule has 2 saturated carbocycles. The molecule has 3 nitrogen and oxygen atoms in total. The maximum Gasteiger partial charge on any atom is 0.253 e. The van der Waals surface area contributed by atoms with Crippen molar-refractivity contribution in [3.63, 3.8) is 0 Å². The van der Waals surface area contributed by atoms with Crippen LogP contribution in [0, 0.1) is 11.8 Å². The molecule has 0 N–H and O–H groups in total. The van der Waals surface area contributed by atoms with E-state index < -0.39 is 0 Å². The number of amides is 1. The first-order valence-corrected chi connectivity index (χ1v) is 9.38. The first kappa shape index (κ1) is 15.2. The number of likely N-dealkylation sites (tertiary alicyclic amines) is 1. The number of hydrogen-bond acceptors (Lipinski definition) is 2. The fourth-order valence-electron chi connectivity index (χ4n) is 4.02. The third-order valence-corrected chi connectivity index (χ3v) is 5.87. The lowest BCUT2D eigenvalue weighted by Gasteiger charge is -2.39. The molecule has 3 heteroatoms. The zero-order chi connectivity index (χ0) is 15.6. The van der Waals surface area contributed by atoms with E-state index in [0.717, 1.165) is 30.6 Å². The fraction of sp³-hybridized carbons (Fsp3) is 0.650. The van der Waals surface area contributed by atoms with E-state index in [9.17, 15) is 4.79 Å². The zero-order valence-electron chi connectivity index (χ0n) is 14.0. The van der Waals surface area contributed by atoms with Crippen LogP contribution in [0.25, 0.3) is 0 Å². The number of nitrogens with zero attached hydrogens (tertiary/aromatic N) is 2. The third kappa shape index (κ3) is 3.60. The van der Waals surface area contributed by atoms with E-state index in [4.69, 9.17) is 0 Å².